The molecule has 0 spiro atoms. The molecular weight excluding hydrogens is 494 g/mol. The minimum Gasteiger partial charge on any atom is -0.382 e. The van der Waals surface area contributed by atoms with Crippen LogP contribution >= 0.6 is 11.3 Å². The number of likely N-dealkylation sites (tertiary alicyclic amines) is 1. The number of rotatable bonds is 8. The monoisotopic (exact) mass is 529 g/mol. The number of aryl methyl sites for hydroxylation is 1. The number of ketones is 1. The fourth-order valence-electron chi connectivity index (χ4n) is 5.96. The first-order valence-electron chi connectivity index (χ1n) is 13.7. The number of thiophene rings is 1. The number of carbonyl (C=O) groups is 2. The van der Waals surface area contributed by atoms with Crippen molar-refractivity contribution in [1.82, 2.24) is 25.1 Å². The van der Waals surface area contributed by atoms with Crippen molar-refractivity contribution in [2.45, 2.75) is 65.1 Å². The van der Waals surface area contributed by atoms with Gasteiger partial charge in [0, 0.05) is 60.7 Å². The molecule has 0 radical (unpaired) electrons. The van der Waals surface area contributed by atoms with Crippen LogP contribution in [0.4, 0.5) is 0 Å². The van der Waals surface area contributed by atoms with Gasteiger partial charge in [-0.25, -0.2) is 4.98 Å². The summed E-state index contributed by atoms with van der Waals surface area (Å²) in [7, 11) is 0. The molecule has 3 aliphatic rings. The minimum atomic E-state index is 0.0412. The number of aromatic nitrogens is 2. The summed E-state index contributed by atoms with van der Waals surface area (Å²) < 4.78 is 0. The van der Waals surface area contributed by atoms with Gasteiger partial charge in [0.05, 0.1) is 16.6 Å². The van der Waals surface area contributed by atoms with Gasteiger partial charge in [0.25, 0.3) is 5.91 Å². The third-order valence-electron chi connectivity index (χ3n) is 8.17. The maximum atomic E-state index is 13.2. The zero-order chi connectivity index (χ0) is 26.4. The van der Waals surface area contributed by atoms with Crippen LogP contribution in [-0.2, 0) is 17.8 Å². The SMILES string of the molecule is Cc1ccsc1C[C@H](C)NC1=C(c2nc3cc4c(cc3[nH]2)CN(CCN2CCC[C@@H]2C)C4=O)C(=O)CC=C1. The third-order valence-corrected chi connectivity index (χ3v) is 9.21. The summed E-state index contributed by atoms with van der Waals surface area (Å²) in [5, 5.41) is 5.68. The molecule has 3 aromatic rings. The topological polar surface area (TPSA) is 81.3 Å². The largest absolute Gasteiger partial charge is 0.382 e. The molecule has 1 aromatic carbocycles. The summed E-state index contributed by atoms with van der Waals surface area (Å²) >= 11 is 1.77. The Morgan fingerprint density at radius 2 is 2.13 bits per heavy atom. The van der Waals surface area contributed by atoms with Gasteiger partial charge >= 0.3 is 0 Å². The first-order chi connectivity index (χ1) is 18.4. The van der Waals surface area contributed by atoms with Crippen LogP contribution in [-0.4, -0.2) is 63.2 Å². The average Bonchev–Trinajstić information content (AvgIpc) is 3.65. The molecule has 2 aromatic heterocycles. The predicted octanol–water partition coefficient (Wildman–Crippen LogP) is 4.83. The van der Waals surface area contributed by atoms with Crippen molar-refractivity contribution < 1.29 is 9.59 Å². The van der Waals surface area contributed by atoms with E-state index in [-0.39, 0.29) is 17.7 Å². The van der Waals surface area contributed by atoms with Crippen molar-refractivity contribution >= 4 is 39.6 Å². The highest BCUT2D eigenvalue weighted by Crippen LogP contribution is 2.30. The van der Waals surface area contributed by atoms with Crippen LogP contribution in [0.2, 0.25) is 0 Å². The Hall–Kier alpha value is -3.23. The zero-order valence-corrected chi connectivity index (χ0v) is 23.2. The Morgan fingerprint density at radius 3 is 2.89 bits per heavy atom. The second-order valence-electron chi connectivity index (χ2n) is 11.0. The molecule has 1 aliphatic carbocycles. The summed E-state index contributed by atoms with van der Waals surface area (Å²) in [6.45, 7) is 9.96. The first kappa shape index (κ1) is 25.1. The van der Waals surface area contributed by atoms with Crippen LogP contribution in [0.5, 0.6) is 0 Å². The van der Waals surface area contributed by atoms with E-state index in [1.165, 1.54) is 23.3 Å². The fraction of sp³-hybridized carbons (Fsp3) is 0.433. The number of benzene rings is 1. The Balaban J connectivity index is 1.23. The Labute approximate surface area is 227 Å². The van der Waals surface area contributed by atoms with E-state index in [0.29, 0.717) is 30.4 Å². The molecule has 1 saturated heterocycles. The molecule has 0 unspecified atom stereocenters. The third kappa shape index (κ3) is 4.71. The van der Waals surface area contributed by atoms with Gasteiger partial charge in [-0.1, -0.05) is 6.08 Å². The molecule has 0 saturated carbocycles. The van der Waals surface area contributed by atoms with Gasteiger partial charge in [0.15, 0.2) is 5.78 Å². The molecular formula is C30H35N5O2S. The van der Waals surface area contributed by atoms with Gasteiger partial charge < -0.3 is 15.2 Å². The lowest BCUT2D eigenvalue weighted by Gasteiger charge is -2.24. The first-order valence-corrected chi connectivity index (χ1v) is 14.5. The molecule has 6 rings (SSSR count). The van der Waals surface area contributed by atoms with E-state index in [9.17, 15) is 9.59 Å². The van der Waals surface area contributed by atoms with Gasteiger partial charge in [-0.15, -0.1) is 11.3 Å². The molecule has 2 aliphatic heterocycles. The van der Waals surface area contributed by atoms with Crippen LogP contribution in [0, 0.1) is 6.92 Å². The number of H-pyrrole nitrogens is 1. The Bertz CT molecular complexity index is 1460. The van der Waals surface area contributed by atoms with Crippen LogP contribution in [0.1, 0.15) is 65.3 Å². The summed E-state index contributed by atoms with van der Waals surface area (Å²) in [5.74, 6) is 0.682. The summed E-state index contributed by atoms with van der Waals surface area (Å²) in [6.07, 6.45) is 7.63. The van der Waals surface area contributed by atoms with Crippen molar-refractivity contribution in [3.05, 3.63) is 68.8 Å². The number of carbonyl (C=O) groups excluding carboxylic acids is 2. The van der Waals surface area contributed by atoms with E-state index in [0.717, 1.165) is 53.9 Å². The highest BCUT2D eigenvalue weighted by molar-refractivity contribution is 7.10. The number of hydrogen-bond acceptors (Lipinski definition) is 6. The van der Waals surface area contributed by atoms with Crippen LogP contribution < -0.4 is 5.32 Å². The molecule has 1 fully saturated rings. The molecule has 38 heavy (non-hydrogen) atoms. The summed E-state index contributed by atoms with van der Waals surface area (Å²) in [5.41, 5.74) is 6.02. The van der Waals surface area contributed by atoms with Crippen molar-refractivity contribution in [2.75, 3.05) is 19.6 Å². The van der Waals surface area contributed by atoms with E-state index < -0.39 is 0 Å². The molecule has 0 bridgehead atoms. The molecule has 1 amide bonds. The number of Topliss-reactive ketones (excluding diaryl/α,β-unsaturated/α-hetero) is 1. The molecule has 4 heterocycles. The van der Waals surface area contributed by atoms with Crippen molar-refractivity contribution in [1.29, 1.82) is 0 Å². The highest BCUT2D eigenvalue weighted by atomic mass is 32.1. The van der Waals surface area contributed by atoms with Gasteiger partial charge in [-0.3, -0.25) is 14.5 Å². The Kier molecular flexibility index (Phi) is 6.70. The normalized spacial score (nSPS) is 20.7. The minimum absolute atomic E-state index is 0.0412. The van der Waals surface area contributed by atoms with Gasteiger partial charge in [0.1, 0.15) is 5.82 Å². The van der Waals surface area contributed by atoms with Gasteiger partial charge in [-0.05, 0) is 80.9 Å². The number of nitrogens with zero attached hydrogens (tertiary/aromatic N) is 3. The number of hydrogen-bond donors (Lipinski definition) is 2. The van der Waals surface area contributed by atoms with Crippen molar-refractivity contribution in [3.8, 4) is 0 Å². The lowest BCUT2D eigenvalue weighted by atomic mass is 9.99. The average molecular weight is 530 g/mol. The standard InChI is InChI=1S/C30H35N5O2S/c1-18-9-13-38-27(18)14-19(2)31-23-7-4-8-26(36)28(23)29-32-24-15-21-17-35(12-11-34-10-5-6-20(34)3)30(37)22(21)16-25(24)33-29/h4,7,9,13,15-16,19-20,31H,5-6,8,10-12,14,17H2,1-3H3,(H,32,33)/t19-,20-/m0/s1. The second-order valence-corrected chi connectivity index (χ2v) is 12.0. The van der Waals surface area contributed by atoms with Crippen molar-refractivity contribution in [3.63, 3.8) is 0 Å². The Morgan fingerprint density at radius 1 is 1.26 bits per heavy atom. The van der Waals surface area contributed by atoms with E-state index in [1.54, 1.807) is 11.3 Å². The highest BCUT2D eigenvalue weighted by Gasteiger charge is 2.30. The van der Waals surface area contributed by atoms with E-state index >= 15 is 0 Å². The van der Waals surface area contributed by atoms with Gasteiger partial charge in [-0.2, -0.15) is 0 Å². The number of imidazole rings is 1. The number of allylic oxidation sites excluding steroid dienone is 3. The quantitative estimate of drug-likeness (QED) is 0.437. The smallest absolute Gasteiger partial charge is 0.254 e. The maximum absolute atomic E-state index is 13.2. The van der Waals surface area contributed by atoms with Crippen LogP contribution in [0.3, 0.4) is 0 Å². The van der Waals surface area contributed by atoms with E-state index in [4.69, 9.17) is 4.98 Å². The molecule has 198 valence electrons. The number of fused-ring (bicyclic) bond motifs is 2. The van der Waals surface area contributed by atoms with E-state index in [1.807, 2.05) is 29.2 Å². The lowest BCUT2D eigenvalue weighted by Crippen LogP contribution is -2.36. The van der Waals surface area contributed by atoms with Gasteiger partial charge in [0.2, 0.25) is 0 Å². The van der Waals surface area contributed by atoms with Crippen LogP contribution in [0.15, 0.2) is 41.4 Å². The molecule has 2 N–H and O–H groups in total. The molecule has 8 heteroatoms. The summed E-state index contributed by atoms with van der Waals surface area (Å²) in [6, 6.07) is 6.84. The fourth-order valence-corrected chi connectivity index (χ4v) is 7.00. The number of amides is 1. The van der Waals surface area contributed by atoms with Crippen LogP contribution in [0.25, 0.3) is 16.6 Å². The molecule has 2 atom stereocenters. The van der Waals surface area contributed by atoms with Crippen molar-refractivity contribution in [2.24, 2.45) is 0 Å². The summed E-state index contributed by atoms with van der Waals surface area (Å²) in [4.78, 5) is 40.2. The predicted molar refractivity (Wildman–Crippen MR) is 152 cm³/mol. The lowest BCUT2D eigenvalue weighted by molar-refractivity contribution is -0.113. The maximum Gasteiger partial charge on any atom is 0.254 e. The zero-order valence-electron chi connectivity index (χ0n) is 22.3. The second kappa shape index (κ2) is 10.2. The number of nitrogens with one attached hydrogen (secondary N) is 2. The van der Waals surface area contributed by atoms with E-state index in [2.05, 4.69) is 47.4 Å². The number of aromatic amines is 1. The molecule has 7 nitrogen and oxygen atoms in total.